The minimum absolute atomic E-state index is 0.340. The fourth-order valence-corrected chi connectivity index (χ4v) is 2.13. The molecule has 2 aromatic rings. The molecule has 0 aliphatic rings. The number of anilines is 1. The quantitative estimate of drug-likeness (QED) is 0.917. The van der Waals surface area contributed by atoms with Crippen molar-refractivity contribution in [3.63, 3.8) is 0 Å². The first-order chi connectivity index (χ1) is 9.06. The molecular formula is C14H21N5. The van der Waals surface area contributed by atoms with E-state index in [1.54, 1.807) is 6.33 Å². The second-order valence-corrected chi connectivity index (χ2v) is 4.93. The van der Waals surface area contributed by atoms with Crippen molar-refractivity contribution >= 4 is 5.82 Å². The van der Waals surface area contributed by atoms with Gasteiger partial charge in [0, 0.05) is 17.8 Å². The molecule has 102 valence electrons. The van der Waals surface area contributed by atoms with Gasteiger partial charge in [-0.25, -0.2) is 15.0 Å². The summed E-state index contributed by atoms with van der Waals surface area (Å²) in [5.41, 5.74) is 3.27. The highest BCUT2D eigenvalue weighted by Crippen LogP contribution is 2.28. The Balaban J connectivity index is 2.63. The molecule has 0 aromatic carbocycles. The molecule has 0 saturated heterocycles. The van der Waals surface area contributed by atoms with E-state index in [0.29, 0.717) is 5.92 Å². The minimum atomic E-state index is 0.340. The van der Waals surface area contributed by atoms with Crippen LogP contribution in [0, 0.1) is 13.8 Å². The molecule has 0 unspecified atom stereocenters. The number of aromatic nitrogens is 4. The van der Waals surface area contributed by atoms with Gasteiger partial charge >= 0.3 is 0 Å². The Hall–Kier alpha value is -1.91. The van der Waals surface area contributed by atoms with Crippen LogP contribution in [0.2, 0.25) is 0 Å². The molecule has 0 atom stereocenters. The van der Waals surface area contributed by atoms with Crippen LogP contribution in [0.15, 0.2) is 12.7 Å². The average molecular weight is 259 g/mol. The first-order valence-corrected chi connectivity index (χ1v) is 6.65. The van der Waals surface area contributed by atoms with Gasteiger partial charge in [-0.15, -0.1) is 0 Å². The summed E-state index contributed by atoms with van der Waals surface area (Å²) in [4.78, 5) is 13.2. The number of nitrogens with zero attached hydrogens (tertiary/aromatic N) is 4. The van der Waals surface area contributed by atoms with E-state index in [1.807, 2.05) is 17.8 Å². The van der Waals surface area contributed by atoms with Gasteiger partial charge in [-0.2, -0.15) is 0 Å². The van der Waals surface area contributed by atoms with E-state index in [-0.39, 0.29) is 0 Å². The number of hydrogen-bond donors (Lipinski definition) is 1. The summed E-state index contributed by atoms with van der Waals surface area (Å²) in [5.74, 6) is 2.17. The Bertz CT molecular complexity index is 571. The van der Waals surface area contributed by atoms with Crippen LogP contribution in [0.5, 0.6) is 0 Å². The van der Waals surface area contributed by atoms with Crippen molar-refractivity contribution in [3.8, 4) is 5.82 Å². The van der Waals surface area contributed by atoms with Gasteiger partial charge in [-0.1, -0.05) is 13.8 Å². The third-order valence-corrected chi connectivity index (χ3v) is 3.26. The van der Waals surface area contributed by atoms with E-state index in [9.17, 15) is 0 Å². The second kappa shape index (κ2) is 5.38. The molecular weight excluding hydrogens is 238 g/mol. The normalized spacial score (nSPS) is 11.1. The number of imidazole rings is 1. The van der Waals surface area contributed by atoms with Gasteiger partial charge in [0.05, 0.1) is 5.69 Å². The Morgan fingerprint density at radius 3 is 2.47 bits per heavy atom. The zero-order chi connectivity index (χ0) is 14.0. The standard InChI is InChI=1S/C14H21N5/c1-6-15-13-12(9(2)3)14(17-7-16-13)19-8-18-10(4)11(19)5/h7-9H,6H2,1-5H3,(H,15,16,17). The van der Waals surface area contributed by atoms with Crippen molar-refractivity contribution in [2.24, 2.45) is 0 Å². The molecule has 0 amide bonds. The van der Waals surface area contributed by atoms with Gasteiger partial charge < -0.3 is 5.32 Å². The lowest BCUT2D eigenvalue weighted by molar-refractivity contribution is 0.808. The van der Waals surface area contributed by atoms with E-state index in [2.05, 4.69) is 48.0 Å². The van der Waals surface area contributed by atoms with E-state index < -0.39 is 0 Å². The van der Waals surface area contributed by atoms with E-state index in [4.69, 9.17) is 0 Å². The van der Waals surface area contributed by atoms with E-state index in [1.165, 1.54) is 0 Å². The number of nitrogens with one attached hydrogen (secondary N) is 1. The highest BCUT2D eigenvalue weighted by Gasteiger charge is 2.17. The Morgan fingerprint density at radius 1 is 1.21 bits per heavy atom. The highest BCUT2D eigenvalue weighted by atomic mass is 15.1. The van der Waals surface area contributed by atoms with Gasteiger partial charge in [0.2, 0.25) is 0 Å². The molecule has 0 radical (unpaired) electrons. The SMILES string of the molecule is CCNc1ncnc(-n2cnc(C)c2C)c1C(C)C. The summed E-state index contributed by atoms with van der Waals surface area (Å²) >= 11 is 0. The molecule has 0 fully saturated rings. The van der Waals surface area contributed by atoms with Crippen molar-refractivity contribution in [3.05, 3.63) is 29.6 Å². The van der Waals surface area contributed by atoms with Gasteiger partial charge in [0.15, 0.2) is 0 Å². The minimum Gasteiger partial charge on any atom is -0.370 e. The third kappa shape index (κ3) is 2.45. The molecule has 5 nitrogen and oxygen atoms in total. The highest BCUT2D eigenvalue weighted by molar-refractivity contribution is 5.54. The molecule has 0 saturated carbocycles. The smallest absolute Gasteiger partial charge is 0.147 e. The Morgan fingerprint density at radius 2 is 1.95 bits per heavy atom. The molecule has 0 bridgehead atoms. The number of rotatable bonds is 4. The van der Waals surface area contributed by atoms with Crippen LogP contribution in [-0.2, 0) is 0 Å². The van der Waals surface area contributed by atoms with Crippen LogP contribution in [-0.4, -0.2) is 26.1 Å². The monoisotopic (exact) mass is 259 g/mol. The molecule has 1 N–H and O–H groups in total. The number of aryl methyl sites for hydroxylation is 1. The second-order valence-electron chi connectivity index (χ2n) is 4.93. The van der Waals surface area contributed by atoms with Crippen LogP contribution in [0.25, 0.3) is 5.82 Å². The summed E-state index contributed by atoms with van der Waals surface area (Å²) in [5, 5.41) is 3.31. The lowest BCUT2D eigenvalue weighted by Gasteiger charge is -2.17. The molecule has 5 heteroatoms. The van der Waals surface area contributed by atoms with Crippen molar-refractivity contribution < 1.29 is 0 Å². The molecule has 0 spiro atoms. The largest absolute Gasteiger partial charge is 0.370 e. The Kier molecular flexibility index (Phi) is 3.83. The van der Waals surface area contributed by atoms with E-state index >= 15 is 0 Å². The van der Waals surface area contributed by atoms with Crippen LogP contribution in [0.3, 0.4) is 0 Å². The van der Waals surface area contributed by atoms with Gasteiger partial charge in [-0.05, 0) is 26.7 Å². The van der Waals surface area contributed by atoms with Crippen LogP contribution >= 0.6 is 0 Å². The summed E-state index contributed by atoms with van der Waals surface area (Å²) in [7, 11) is 0. The first kappa shape index (κ1) is 13.5. The zero-order valence-electron chi connectivity index (χ0n) is 12.2. The third-order valence-electron chi connectivity index (χ3n) is 3.26. The fourth-order valence-electron chi connectivity index (χ4n) is 2.13. The number of hydrogen-bond acceptors (Lipinski definition) is 4. The van der Waals surface area contributed by atoms with Crippen molar-refractivity contribution in [2.75, 3.05) is 11.9 Å². The first-order valence-electron chi connectivity index (χ1n) is 6.65. The molecule has 2 heterocycles. The lowest BCUT2D eigenvalue weighted by atomic mass is 10.0. The van der Waals surface area contributed by atoms with Gasteiger partial charge in [0.1, 0.15) is 24.3 Å². The predicted octanol–water partition coefficient (Wildman–Crippen LogP) is 2.83. The molecule has 2 aromatic heterocycles. The van der Waals surface area contributed by atoms with Gasteiger partial charge in [-0.3, -0.25) is 4.57 Å². The maximum Gasteiger partial charge on any atom is 0.147 e. The maximum absolute atomic E-state index is 4.46. The Labute approximate surface area is 114 Å². The van der Waals surface area contributed by atoms with Crippen molar-refractivity contribution in [1.29, 1.82) is 0 Å². The van der Waals surface area contributed by atoms with Crippen LogP contribution < -0.4 is 5.32 Å². The maximum atomic E-state index is 4.46. The summed E-state index contributed by atoms with van der Waals surface area (Å²) in [6, 6.07) is 0. The molecule has 0 aliphatic carbocycles. The molecule has 0 aliphatic heterocycles. The lowest BCUT2D eigenvalue weighted by Crippen LogP contribution is -2.11. The van der Waals surface area contributed by atoms with Crippen LogP contribution in [0.4, 0.5) is 5.82 Å². The van der Waals surface area contributed by atoms with Gasteiger partial charge in [0.25, 0.3) is 0 Å². The average Bonchev–Trinajstić information content (AvgIpc) is 2.70. The molecule has 19 heavy (non-hydrogen) atoms. The topological polar surface area (TPSA) is 55.6 Å². The molecule has 2 rings (SSSR count). The van der Waals surface area contributed by atoms with E-state index in [0.717, 1.165) is 35.1 Å². The van der Waals surface area contributed by atoms with Crippen molar-refractivity contribution in [1.82, 2.24) is 19.5 Å². The predicted molar refractivity (Wildman–Crippen MR) is 76.9 cm³/mol. The fraction of sp³-hybridized carbons (Fsp3) is 0.500. The zero-order valence-corrected chi connectivity index (χ0v) is 12.2. The van der Waals surface area contributed by atoms with Crippen molar-refractivity contribution in [2.45, 2.75) is 40.5 Å². The van der Waals surface area contributed by atoms with Crippen LogP contribution in [0.1, 0.15) is 43.6 Å². The summed E-state index contributed by atoms with van der Waals surface area (Å²) in [6.07, 6.45) is 3.43. The summed E-state index contributed by atoms with van der Waals surface area (Å²) < 4.78 is 2.03. The summed E-state index contributed by atoms with van der Waals surface area (Å²) in [6.45, 7) is 11.3.